The zero-order chi connectivity index (χ0) is 13.4. The van der Waals surface area contributed by atoms with Crippen LogP contribution in [0, 0.1) is 0 Å². The molecule has 0 aromatic heterocycles. The van der Waals surface area contributed by atoms with Crippen LogP contribution in [0.15, 0.2) is 0 Å². The molecule has 1 saturated heterocycles. The van der Waals surface area contributed by atoms with Crippen molar-refractivity contribution >= 4 is 10.2 Å². The Labute approximate surface area is 112 Å². The van der Waals surface area contributed by atoms with Crippen molar-refractivity contribution in [2.45, 2.75) is 39.0 Å². The average molecular weight is 277 g/mol. The summed E-state index contributed by atoms with van der Waals surface area (Å²) in [7, 11) is -1.55. The molecule has 1 fully saturated rings. The third-order valence-corrected chi connectivity index (χ3v) is 5.35. The lowest BCUT2D eigenvalue weighted by atomic mass is 10.2. The Morgan fingerprint density at radius 2 is 1.78 bits per heavy atom. The summed E-state index contributed by atoms with van der Waals surface area (Å²) in [5.41, 5.74) is 0. The topological polar surface area (TPSA) is 52.7 Å². The van der Waals surface area contributed by atoms with Gasteiger partial charge >= 0.3 is 0 Å². The highest BCUT2D eigenvalue weighted by Gasteiger charge is 2.26. The van der Waals surface area contributed by atoms with Gasteiger partial charge in [0.05, 0.1) is 0 Å². The molecule has 6 heteroatoms. The summed E-state index contributed by atoms with van der Waals surface area (Å²) in [6, 6.07) is 0. The summed E-state index contributed by atoms with van der Waals surface area (Å²) in [6.07, 6.45) is 5.14. The van der Waals surface area contributed by atoms with Crippen LogP contribution in [0.3, 0.4) is 0 Å². The van der Waals surface area contributed by atoms with Gasteiger partial charge < -0.3 is 5.32 Å². The predicted octanol–water partition coefficient (Wildman–Crippen LogP) is 1.04. The van der Waals surface area contributed by atoms with Crippen LogP contribution < -0.4 is 5.32 Å². The molecule has 0 spiro atoms. The smallest absolute Gasteiger partial charge is 0.281 e. The van der Waals surface area contributed by atoms with Crippen molar-refractivity contribution in [2.75, 3.05) is 39.8 Å². The Morgan fingerprint density at radius 1 is 1.17 bits per heavy atom. The van der Waals surface area contributed by atoms with Gasteiger partial charge in [0, 0.05) is 26.7 Å². The minimum atomic E-state index is -3.23. The van der Waals surface area contributed by atoms with Crippen LogP contribution in [0.1, 0.15) is 39.0 Å². The lowest BCUT2D eigenvalue weighted by Crippen LogP contribution is -2.43. The van der Waals surface area contributed by atoms with Gasteiger partial charge in [0.2, 0.25) is 0 Å². The van der Waals surface area contributed by atoms with E-state index in [1.54, 1.807) is 11.4 Å². The third kappa shape index (κ3) is 4.84. The molecule has 0 radical (unpaired) electrons. The van der Waals surface area contributed by atoms with Gasteiger partial charge in [0.1, 0.15) is 0 Å². The van der Waals surface area contributed by atoms with Crippen LogP contribution in [0.5, 0.6) is 0 Å². The van der Waals surface area contributed by atoms with E-state index in [0.29, 0.717) is 19.6 Å². The molecule has 18 heavy (non-hydrogen) atoms. The van der Waals surface area contributed by atoms with Crippen LogP contribution >= 0.6 is 0 Å². The minimum absolute atomic E-state index is 0.589. The van der Waals surface area contributed by atoms with Crippen molar-refractivity contribution in [3.8, 4) is 0 Å². The van der Waals surface area contributed by atoms with Gasteiger partial charge in [0.25, 0.3) is 10.2 Å². The highest BCUT2D eigenvalue weighted by atomic mass is 32.2. The quantitative estimate of drug-likeness (QED) is 0.707. The van der Waals surface area contributed by atoms with E-state index in [9.17, 15) is 8.42 Å². The molecule has 1 N–H and O–H groups in total. The maximum absolute atomic E-state index is 12.3. The number of rotatable bonds is 7. The lowest BCUT2D eigenvalue weighted by molar-refractivity contribution is 0.362. The molecule has 1 aliphatic rings. The first-order valence-corrected chi connectivity index (χ1v) is 8.41. The minimum Gasteiger partial charge on any atom is -0.317 e. The van der Waals surface area contributed by atoms with E-state index in [1.807, 2.05) is 0 Å². The second-order valence-electron chi connectivity index (χ2n) is 4.85. The Balaban J connectivity index is 2.44. The lowest BCUT2D eigenvalue weighted by Gasteiger charge is -2.26. The summed E-state index contributed by atoms with van der Waals surface area (Å²) in [6.45, 7) is 5.81. The fraction of sp³-hybridized carbons (Fsp3) is 1.00. The number of nitrogens with zero attached hydrogens (tertiary/aromatic N) is 2. The molecule has 0 saturated carbocycles. The molecule has 0 aromatic carbocycles. The van der Waals surface area contributed by atoms with E-state index in [1.165, 1.54) is 4.31 Å². The van der Waals surface area contributed by atoms with E-state index in [4.69, 9.17) is 0 Å². The van der Waals surface area contributed by atoms with E-state index < -0.39 is 10.2 Å². The van der Waals surface area contributed by atoms with Gasteiger partial charge in [-0.3, -0.25) is 0 Å². The van der Waals surface area contributed by atoms with E-state index >= 15 is 0 Å². The van der Waals surface area contributed by atoms with Crippen molar-refractivity contribution in [1.82, 2.24) is 13.9 Å². The van der Waals surface area contributed by atoms with Crippen LogP contribution in [0.25, 0.3) is 0 Å². The maximum atomic E-state index is 12.3. The van der Waals surface area contributed by atoms with E-state index in [2.05, 4.69) is 12.2 Å². The van der Waals surface area contributed by atoms with Crippen molar-refractivity contribution in [3.63, 3.8) is 0 Å². The normalized spacial score (nSPS) is 19.1. The van der Waals surface area contributed by atoms with E-state index in [-0.39, 0.29) is 0 Å². The summed E-state index contributed by atoms with van der Waals surface area (Å²) in [5.74, 6) is 0. The molecule has 1 rings (SSSR count). The monoisotopic (exact) mass is 277 g/mol. The van der Waals surface area contributed by atoms with Crippen LogP contribution in [0.4, 0.5) is 0 Å². The summed E-state index contributed by atoms with van der Waals surface area (Å²) in [5, 5.41) is 3.21. The van der Waals surface area contributed by atoms with Gasteiger partial charge in [0.15, 0.2) is 0 Å². The van der Waals surface area contributed by atoms with Crippen molar-refractivity contribution in [1.29, 1.82) is 0 Å². The Kier molecular flexibility index (Phi) is 7.14. The van der Waals surface area contributed by atoms with Gasteiger partial charge in [-0.1, -0.05) is 19.8 Å². The Morgan fingerprint density at radius 3 is 2.33 bits per heavy atom. The van der Waals surface area contributed by atoms with Crippen molar-refractivity contribution in [2.24, 2.45) is 0 Å². The first-order valence-electron chi connectivity index (χ1n) is 7.01. The molecule has 5 nitrogen and oxygen atoms in total. The number of hydrogen-bond donors (Lipinski definition) is 1. The predicted molar refractivity (Wildman–Crippen MR) is 74.8 cm³/mol. The number of hydrogen-bond acceptors (Lipinski definition) is 3. The molecule has 0 atom stereocenters. The largest absolute Gasteiger partial charge is 0.317 e. The fourth-order valence-electron chi connectivity index (χ4n) is 2.19. The summed E-state index contributed by atoms with van der Waals surface area (Å²) >= 11 is 0. The zero-order valence-electron chi connectivity index (χ0n) is 11.7. The molecule has 0 amide bonds. The maximum Gasteiger partial charge on any atom is 0.281 e. The van der Waals surface area contributed by atoms with Crippen molar-refractivity contribution < 1.29 is 8.42 Å². The first kappa shape index (κ1) is 15.9. The van der Waals surface area contributed by atoms with Crippen LogP contribution in [-0.2, 0) is 10.2 Å². The SMILES string of the molecule is CCNCCCN(C)S(=O)(=O)N1CCCCCC1. The second kappa shape index (κ2) is 8.09. The first-order chi connectivity index (χ1) is 8.59. The molecule has 0 unspecified atom stereocenters. The van der Waals surface area contributed by atoms with Crippen LogP contribution in [-0.4, -0.2) is 56.8 Å². The van der Waals surface area contributed by atoms with Gasteiger partial charge in [-0.15, -0.1) is 0 Å². The molecule has 0 aromatic rings. The third-order valence-electron chi connectivity index (χ3n) is 3.36. The molecule has 1 heterocycles. The molecule has 108 valence electrons. The molecule has 0 bridgehead atoms. The van der Waals surface area contributed by atoms with Crippen LogP contribution in [0.2, 0.25) is 0 Å². The molecule has 1 aliphatic heterocycles. The standard InChI is InChI=1S/C12H27N3O2S/c1-3-13-9-8-10-14(2)18(16,17)15-11-6-4-5-7-12-15/h13H,3-12H2,1-2H3. The van der Waals surface area contributed by atoms with E-state index in [0.717, 1.165) is 45.2 Å². The zero-order valence-corrected chi connectivity index (χ0v) is 12.5. The number of nitrogens with one attached hydrogen (secondary N) is 1. The molecular weight excluding hydrogens is 250 g/mol. The van der Waals surface area contributed by atoms with Gasteiger partial charge in [-0.25, -0.2) is 0 Å². The molecular formula is C12H27N3O2S. The summed E-state index contributed by atoms with van der Waals surface area (Å²) < 4.78 is 27.8. The highest BCUT2D eigenvalue weighted by molar-refractivity contribution is 7.86. The second-order valence-corrected chi connectivity index (χ2v) is 6.89. The average Bonchev–Trinajstić information content (AvgIpc) is 2.63. The Bertz CT molecular complexity index is 311. The fourth-order valence-corrected chi connectivity index (χ4v) is 3.66. The van der Waals surface area contributed by atoms with Crippen molar-refractivity contribution in [3.05, 3.63) is 0 Å². The highest BCUT2D eigenvalue weighted by Crippen LogP contribution is 2.15. The van der Waals surface area contributed by atoms with Gasteiger partial charge in [-0.05, 0) is 32.4 Å². The van der Waals surface area contributed by atoms with Gasteiger partial charge in [-0.2, -0.15) is 17.0 Å². The summed E-state index contributed by atoms with van der Waals surface area (Å²) in [4.78, 5) is 0. The molecule has 0 aliphatic carbocycles. The Hall–Kier alpha value is -0.170.